The lowest BCUT2D eigenvalue weighted by Gasteiger charge is -2.17. The van der Waals surface area contributed by atoms with Crippen molar-refractivity contribution in [1.82, 2.24) is 0 Å². The summed E-state index contributed by atoms with van der Waals surface area (Å²) >= 11 is 1.46. The number of nitrogens with zero attached hydrogens (tertiary/aromatic N) is 2. The standard InChI is InChI=1S/C24H20N2OS/c1-24(20-15-9-4-10-16-20)25-22(19-13-7-3-8-14-19)23(26-24)28-17-21(27)18-11-5-2-6-12-18/h2-16H,17H2,1H3. The first-order chi connectivity index (χ1) is 13.7. The Kier molecular flexibility index (Phi) is 5.22. The van der Waals surface area contributed by atoms with Gasteiger partial charge in [-0.05, 0) is 6.92 Å². The van der Waals surface area contributed by atoms with Gasteiger partial charge in [0.1, 0.15) is 5.04 Å². The zero-order chi connectivity index (χ0) is 19.4. The molecule has 1 aliphatic heterocycles. The van der Waals surface area contributed by atoms with Crippen molar-refractivity contribution in [3.05, 3.63) is 108 Å². The maximum atomic E-state index is 12.6. The maximum absolute atomic E-state index is 12.6. The van der Waals surface area contributed by atoms with Crippen molar-refractivity contribution in [2.24, 2.45) is 9.98 Å². The molecule has 28 heavy (non-hydrogen) atoms. The Labute approximate surface area is 169 Å². The SMILES string of the molecule is CC1(c2ccccc2)N=C(SCC(=O)c2ccccc2)C(c2ccccc2)=N1. The average Bonchev–Trinajstić information content (AvgIpc) is 3.12. The molecule has 0 aromatic heterocycles. The Morgan fingerprint density at radius 1 is 0.821 bits per heavy atom. The molecular formula is C24H20N2OS. The van der Waals surface area contributed by atoms with Gasteiger partial charge >= 0.3 is 0 Å². The highest BCUT2D eigenvalue weighted by Crippen LogP contribution is 2.35. The van der Waals surface area contributed by atoms with E-state index in [4.69, 9.17) is 9.98 Å². The molecule has 0 radical (unpaired) electrons. The molecule has 0 spiro atoms. The Morgan fingerprint density at radius 3 is 2.04 bits per heavy atom. The minimum atomic E-state index is -0.676. The lowest BCUT2D eigenvalue weighted by atomic mass is 10.0. The van der Waals surface area contributed by atoms with Crippen molar-refractivity contribution in [3.8, 4) is 0 Å². The number of ketones is 1. The highest BCUT2D eigenvalue weighted by Gasteiger charge is 2.34. The van der Waals surface area contributed by atoms with Crippen LogP contribution in [0.5, 0.6) is 0 Å². The Hall–Kier alpha value is -2.98. The summed E-state index contributed by atoms with van der Waals surface area (Å²) in [7, 11) is 0. The zero-order valence-corrected chi connectivity index (χ0v) is 16.4. The predicted molar refractivity (Wildman–Crippen MR) is 117 cm³/mol. The molecular weight excluding hydrogens is 364 g/mol. The molecule has 3 aromatic rings. The fourth-order valence-electron chi connectivity index (χ4n) is 3.15. The van der Waals surface area contributed by atoms with E-state index in [1.165, 1.54) is 11.8 Å². The molecule has 3 aromatic carbocycles. The molecule has 138 valence electrons. The van der Waals surface area contributed by atoms with Crippen LogP contribution in [0.4, 0.5) is 0 Å². The number of aliphatic imine (C=N–C) groups is 2. The fraction of sp³-hybridized carbons (Fsp3) is 0.125. The first-order valence-corrected chi connectivity index (χ1v) is 10.2. The molecule has 0 saturated heterocycles. The molecule has 1 atom stereocenters. The summed E-state index contributed by atoms with van der Waals surface area (Å²) in [5, 5.41) is 0.807. The van der Waals surface area contributed by atoms with Gasteiger partial charge in [0, 0.05) is 16.7 Å². The van der Waals surface area contributed by atoms with Crippen LogP contribution >= 0.6 is 11.8 Å². The van der Waals surface area contributed by atoms with Crippen LogP contribution in [-0.4, -0.2) is 22.3 Å². The number of carbonyl (C=O) groups is 1. The molecule has 1 unspecified atom stereocenters. The van der Waals surface area contributed by atoms with E-state index in [0.717, 1.165) is 27.4 Å². The third kappa shape index (κ3) is 3.82. The first-order valence-electron chi connectivity index (χ1n) is 9.18. The van der Waals surface area contributed by atoms with Gasteiger partial charge in [-0.2, -0.15) is 0 Å². The topological polar surface area (TPSA) is 41.8 Å². The van der Waals surface area contributed by atoms with Crippen LogP contribution in [0.25, 0.3) is 0 Å². The zero-order valence-electron chi connectivity index (χ0n) is 15.6. The van der Waals surface area contributed by atoms with Gasteiger partial charge in [0.15, 0.2) is 11.4 Å². The summed E-state index contributed by atoms with van der Waals surface area (Å²) in [4.78, 5) is 22.5. The van der Waals surface area contributed by atoms with Crippen LogP contribution < -0.4 is 0 Å². The molecule has 0 aliphatic carbocycles. The lowest BCUT2D eigenvalue weighted by Crippen LogP contribution is -2.13. The van der Waals surface area contributed by atoms with Crippen LogP contribution in [0, 0.1) is 0 Å². The minimum Gasteiger partial charge on any atom is -0.293 e. The van der Waals surface area contributed by atoms with Gasteiger partial charge in [-0.15, -0.1) is 0 Å². The number of hydrogen-bond donors (Lipinski definition) is 0. The van der Waals surface area contributed by atoms with E-state index < -0.39 is 5.66 Å². The van der Waals surface area contributed by atoms with Gasteiger partial charge < -0.3 is 0 Å². The normalized spacial score (nSPS) is 18.5. The maximum Gasteiger partial charge on any atom is 0.175 e. The second kappa shape index (κ2) is 7.95. The number of thioether (sulfide) groups is 1. The van der Waals surface area contributed by atoms with Crippen molar-refractivity contribution in [2.45, 2.75) is 12.6 Å². The molecule has 0 amide bonds. The van der Waals surface area contributed by atoms with E-state index in [-0.39, 0.29) is 5.78 Å². The van der Waals surface area contributed by atoms with E-state index >= 15 is 0 Å². The van der Waals surface area contributed by atoms with Crippen molar-refractivity contribution in [3.63, 3.8) is 0 Å². The van der Waals surface area contributed by atoms with Gasteiger partial charge in [0.2, 0.25) is 0 Å². The van der Waals surface area contributed by atoms with Crippen LogP contribution in [0.2, 0.25) is 0 Å². The summed E-state index contributed by atoms with van der Waals surface area (Å²) in [5.74, 6) is 0.425. The number of Topliss-reactive ketones (excluding diaryl/α,β-unsaturated/α-hetero) is 1. The number of carbonyl (C=O) groups excluding carboxylic acids is 1. The Morgan fingerprint density at radius 2 is 1.39 bits per heavy atom. The van der Waals surface area contributed by atoms with Gasteiger partial charge in [-0.3, -0.25) is 4.79 Å². The van der Waals surface area contributed by atoms with Crippen molar-refractivity contribution >= 4 is 28.3 Å². The van der Waals surface area contributed by atoms with Crippen molar-refractivity contribution in [1.29, 1.82) is 0 Å². The number of hydrogen-bond acceptors (Lipinski definition) is 4. The van der Waals surface area contributed by atoms with Gasteiger partial charge in [-0.1, -0.05) is 103 Å². The van der Waals surface area contributed by atoms with E-state index in [9.17, 15) is 4.79 Å². The molecule has 0 saturated carbocycles. The summed E-state index contributed by atoms with van der Waals surface area (Å²) in [6.07, 6.45) is 0. The highest BCUT2D eigenvalue weighted by atomic mass is 32.2. The van der Waals surface area contributed by atoms with Gasteiger partial charge in [0.25, 0.3) is 0 Å². The lowest BCUT2D eigenvalue weighted by molar-refractivity contribution is 0.102. The Bertz CT molecular complexity index is 1030. The largest absolute Gasteiger partial charge is 0.293 e. The molecule has 3 nitrogen and oxygen atoms in total. The van der Waals surface area contributed by atoms with E-state index in [1.807, 2.05) is 97.9 Å². The fourth-order valence-corrected chi connectivity index (χ4v) is 4.13. The van der Waals surface area contributed by atoms with E-state index in [0.29, 0.717) is 5.75 Å². The number of rotatable bonds is 5. The molecule has 0 fully saturated rings. The summed E-state index contributed by atoms with van der Waals surface area (Å²) in [6.45, 7) is 2.01. The third-order valence-corrected chi connectivity index (χ3v) is 5.62. The van der Waals surface area contributed by atoms with Crippen LogP contribution in [0.3, 0.4) is 0 Å². The molecule has 4 rings (SSSR count). The second-order valence-electron chi connectivity index (χ2n) is 6.71. The third-order valence-electron chi connectivity index (χ3n) is 4.65. The van der Waals surface area contributed by atoms with E-state index in [1.54, 1.807) is 0 Å². The smallest absolute Gasteiger partial charge is 0.175 e. The van der Waals surface area contributed by atoms with Crippen LogP contribution in [0.15, 0.2) is 101 Å². The summed E-state index contributed by atoms with van der Waals surface area (Å²) in [6, 6.07) is 29.5. The van der Waals surface area contributed by atoms with Crippen molar-refractivity contribution < 1.29 is 4.79 Å². The molecule has 1 heterocycles. The number of benzene rings is 3. The van der Waals surface area contributed by atoms with Crippen molar-refractivity contribution in [2.75, 3.05) is 5.75 Å². The first kappa shape index (κ1) is 18.4. The molecule has 4 heteroatoms. The minimum absolute atomic E-state index is 0.0917. The average molecular weight is 385 g/mol. The molecule has 0 N–H and O–H groups in total. The molecule has 0 bridgehead atoms. The highest BCUT2D eigenvalue weighted by molar-refractivity contribution is 8.16. The molecule has 1 aliphatic rings. The Balaban J connectivity index is 1.64. The summed E-state index contributed by atoms with van der Waals surface area (Å²) in [5.41, 5.74) is 2.94. The van der Waals surface area contributed by atoms with Crippen LogP contribution in [0.1, 0.15) is 28.4 Å². The van der Waals surface area contributed by atoms with Gasteiger partial charge in [0.05, 0.1) is 11.5 Å². The quantitative estimate of drug-likeness (QED) is 0.555. The predicted octanol–water partition coefficient (Wildman–Crippen LogP) is 5.38. The summed E-state index contributed by atoms with van der Waals surface area (Å²) < 4.78 is 0. The van der Waals surface area contributed by atoms with Gasteiger partial charge in [-0.25, -0.2) is 9.98 Å². The monoisotopic (exact) mass is 384 g/mol. The second-order valence-corrected chi connectivity index (χ2v) is 7.67. The van der Waals surface area contributed by atoms with E-state index in [2.05, 4.69) is 0 Å². The van der Waals surface area contributed by atoms with Crippen LogP contribution in [-0.2, 0) is 5.66 Å².